The van der Waals surface area contributed by atoms with Gasteiger partial charge in [-0.2, -0.15) is 18.2 Å². The molecule has 0 aliphatic heterocycles. The van der Waals surface area contributed by atoms with Crippen molar-refractivity contribution in [3.05, 3.63) is 224 Å². The van der Waals surface area contributed by atoms with Crippen molar-refractivity contribution in [2.45, 2.75) is 71.6 Å². The molecule has 3 aromatic heterocycles. The SMILES string of the molecule is [2H]c1c([2H])c([2H])c(-c2cccc(-c3c([2H])c([2H])c([2H])c([2H])c3[2H])c2-[n+]2[c-]n(-c3[c-]c(Oc4[c-]c5c(cc4)c4cc(-c6ccc(C7CCC(C)(C)CC7)cc6)ccc4n5-c4cc(C(C)(C)C)ccn4)ccc3)c3ccccc32)c([2H])c1[2H].[Pt]. The summed E-state index contributed by atoms with van der Waals surface area (Å²) in [5, 5.41) is 2.03. The molecule has 0 N–H and O–H groups in total. The van der Waals surface area contributed by atoms with Gasteiger partial charge in [-0.25, -0.2) is 4.98 Å². The van der Waals surface area contributed by atoms with Gasteiger partial charge in [-0.3, -0.25) is 4.57 Å². The predicted octanol–water partition coefficient (Wildman–Crippen LogP) is 16.6. The number of ether oxygens (including phenoxy) is 1. The maximum Gasteiger partial charge on any atom is 0.268 e. The van der Waals surface area contributed by atoms with Crippen LogP contribution in [0.15, 0.2) is 194 Å². The number of rotatable bonds is 9. The Morgan fingerprint density at radius 2 is 1.32 bits per heavy atom. The number of hydrogen-bond donors (Lipinski definition) is 0. The predicted molar refractivity (Wildman–Crippen MR) is 290 cm³/mol. The molecule has 1 aliphatic rings. The van der Waals surface area contributed by atoms with E-state index in [-0.39, 0.29) is 54.4 Å². The van der Waals surface area contributed by atoms with Crippen molar-refractivity contribution in [1.29, 1.82) is 0 Å². The van der Waals surface area contributed by atoms with Crippen LogP contribution in [0.2, 0.25) is 0 Å². The second kappa shape index (κ2) is 19.0. The van der Waals surface area contributed by atoms with Crippen molar-refractivity contribution in [1.82, 2.24) is 14.1 Å². The molecule has 0 spiro atoms. The smallest absolute Gasteiger partial charge is 0.268 e. The first-order valence-electron chi connectivity index (χ1n) is 29.2. The van der Waals surface area contributed by atoms with Crippen molar-refractivity contribution in [3.8, 4) is 62.1 Å². The largest absolute Gasteiger partial charge is 0.510 e. The van der Waals surface area contributed by atoms with E-state index in [0.29, 0.717) is 39.6 Å². The van der Waals surface area contributed by atoms with E-state index in [1.807, 2.05) is 48.7 Å². The summed E-state index contributed by atoms with van der Waals surface area (Å²) in [4.78, 5) is 4.93. The number of nitrogens with zero attached hydrogens (tertiary/aromatic N) is 4. The quantitative estimate of drug-likeness (QED) is 0.107. The first-order chi connectivity index (χ1) is 38.7. The van der Waals surface area contributed by atoms with Gasteiger partial charge in [0.15, 0.2) is 0 Å². The second-order valence-corrected chi connectivity index (χ2v) is 20.3. The Morgan fingerprint density at radius 1 is 0.653 bits per heavy atom. The fourth-order valence-corrected chi connectivity index (χ4v) is 10.2. The molecule has 3 heterocycles. The fourth-order valence-electron chi connectivity index (χ4n) is 10.2. The molecule has 358 valence electrons. The van der Waals surface area contributed by atoms with E-state index in [2.05, 4.69) is 118 Å². The molecule has 1 saturated carbocycles. The van der Waals surface area contributed by atoms with Crippen molar-refractivity contribution in [3.63, 3.8) is 0 Å². The van der Waals surface area contributed by atoms with Crippen LogP contribution in [0.3, 0.4) is 0 Å². The summed E-state index contributed by atoms with van der Waals surface area (Å²) in [6, 6.07) is 43.2. The molecule has 6 heteroatoms. The molecule has 0 unspecified atom stereocenters. The first kappa shape index (κ1) is 36.6. The van der Waals surface area contributed by atoms with Crippen molar-refractivity contribution >= 4 is 32.8 Å². The van der Waals surface area contributed by atoms with E-state index in [1.165, 1.54) is 31.2 Å². The molecule has 0 radical (unpaired) electrons. The number of fused-ring (bicyclic) bond motifs is 4. The average molecular weight is 1130 g/mol. The molecule has 11 aromatic rings. The summed E-state index contributed by atoms with van der Waals surface area (Å²) in [5.74, 6) is 2.13. The topological polar surface area (TPSA) is 35.9 Å². The third-order valence-corrected chi connectivity index (χ3v) is 14.1. The molecule has 72 heavy (non-hydrogen) atoms. The summed E-state index contributed by atoms with van der Waals surface area (Å²) in [6.45, 7) is 11.3. The molecule has 1 aliphatic carbocycles. The summed E-state index contributed by atoms with van der Waals surface area (Å²) < 4.78 is 99.7. The number of imidazole rings is 1. The first-order valence-corrected chi connectivity index (χ1v) is 24.2. The fraction of sp³-hybridized carbons (Fsp3) is 0.182. The van der Waals surface area contributed by atoms with Gasteiger partial charge in [0, 0.05) is 44.3 Å². The van der Waals surface area contributed by atoms with E-state index in [9.17, 15) is 0 Å². The second-order valence-electron chi connectivity index (χ2n) is 20.3. The Morgan fingerprint density at radius 3 is 2.03 bits per heavy atom. The molecule has 5 nitrogen and oxygen atoms in total. The van der Waals surface area contributed by atoms with Gasteiger partial charge >= 0.3 is 0 Å². The van der Waals surface area contributed by atoms with Crippen LogP contribution in [-0.2, 0) is 26.5 Å². The van der Waals surface area contributed by atoms with Crippen molar-refractivity contribution in [2.24, 2.45) is 5.41 Å². The van der Waals surface area contributed by atoms with Gasteiger partial charge in [-0.05, 0) is 116 Å². The summed E-state index contributed by atoms with van der Waals surface area (Å²) in [7, 11) is 0. The van der Waals surface area contributed by atoms with Gasteiger partial charge in [0.1, 0.15) is 5.82 Å². The van der Waals surface area contributed by atoms with Gasteiger partial charge in [0.05, 0.1) is 30.4 Å². The van der Waals surface area contributed by atoms with Crippen LogP contribution in [-0.4, -0.2) is 14.1 Å². The third kappa shape index (κ3) is 8.90. The van der Waals surface area contributed by atoms with Gasteiger partial charge in [-0.15, -0.1) is 29.7 Å². The van der Waals surface area contributed by atoms with E-state index in [4.69, 9.17) is 23.4 Å². The minimum absolute atomic E-state index is 0. The Labute approximate surface area is 451 Å². The minimum atomic E-state index is -0.572. The maximum atomic E-state index is 9.07. The standard InChI is InChI=1S/C66H56N4O.Pt/c1-65(2,3)51-36-39-67-63(41-51)70-59-33-30-50(46-28-26-45(27-29-46)47-34-37-66(4,5)38-35-47)40-58(59)57-32-31-54(43-62(57)70)71-53-21-14-20-52(42-53)68-44-69(61-25-13-12-24-60(61)68)64-55(48-16-8-6-9-17-48)22-15-23-56(64)49-18-10-7-11-19-49;/h6-33,36,39-41,47H,34-35,37-38H2,1-5H3;/q-2;/i6D,7D,8D,9D,10D,11D,16D,17D,18D,19D;. The molecule has 0 bridgehead atoms. The summed E-state index contributed by atoms with van der Waals surface area (Å²) in [5.41, 5.74) is 8.66. The minimum Gasteiger partial charge on any atom is -0.510 e. The molecular formula is C66H56N4OPt-2. The normalized spacial score (nSPS) is 15.8. The van der Waals surface area contributed by atoms with Crippen LogP contribution in [0.25, 0.3) is 83.4 Å². The molecule has 0 atom stereocenters. The molecule has 12 rings (SSSR count). The van der Waals surface area contributed by atoms with Crippen molar-refractivity contribution in [2.75, 3.05) is 0 Å². The molecule has 1 fully saturated rings. The monoisotopic (exact) mass is 1130 g/mol. The van der Waals surface area contributed by atoms with E-state index in [1.54, 1.807) is 33.4 Å². The van der Waals surface area contributed by atoms with Gasteiger partial charge in [-0.1, -0.05) is 179 Å². The Balaban J connectivity index is 0.00000705. The van der Waals surface area contributed by atoms with Crippen LogP contribution in [0.5, 0.6) is 11.5 Å². The van der Waals surface area contributed by atoms with E-state index in [0.717, 1.165) is 44.3 Å². The molecular weight excluding hydrogens is 1060 g/mol. The van der Waals surface area contributed by atoms with Crippen molar-refractivity contribution < 1.29 is 44.1 Å². The zero-order valence-corrected chi connectivity index (χ0v) is 42.9. The van der Waals surface area contributed by atoms with Crippen LogP contribution < -0.4 is 9.30 Å². The Hall–Kier alpha value is -7.33. The Kier molecular flexibility index (Phi) is 9.66. The zero-order valence-electron chi connectivity index (χ0n) is 50.6. The number of pyridine rings is 1. The average Bonchev–Trinajstić information content (AvgIpc) is 2.40. The third-order valence-electron chi connectivity index (χ3n) is 14.1. The summed E-state index contributed by atoms with van der Waals surface area (Å²) in [6.07, 6.45) is 10.2. The molecule has 0 amide bonds. The van der Waals surface area contributed by atoms with Crippen LogP contribution in [0, 0.1) is 23.9 Å². The van der Waals surface area contributed by atoms with E-state index >= 15 is 0 Å². The maximum absolute atomic E-state index is 9.07. The number of benzene rings is 8. The van der Waals surface area contributed by atoms with Crippen LogP contribution in [0.4, 0.5) is 0 Å². The van der Waals surface area contributed by atoms with Gasteiger partial charge in [0.25, 0.3) is 6.33 Å². The number of aromatic nitrogens is 4. The van der Waals surface area contributed by atoms with Crippen LogP contribution in [0.1, 0.15) is 91.1 Å². The zero-order chi connectivity index (χ0) is 57.0. The van der Waals surface area contributed by atoms with E-state index < -0.39 is 60.4 Å². The number of para-hydroxylation sites is 3. The molecule has 0 saturated heterocycles. The summed E-state index contributed by atoms with van der Waals surface area (Å²) >= 11 is 0. The molecule has 8 aromatic carbocycles. The van der Waals surface area contributed by atoms with Crippen LogP contribution >= 0.6 is 0 Å². The van der Waals surface area contributed by atoms with Gasteiger partial charge in [0.2, 0.25) is 0 Å². The van der Waals surface area contributed by atoms with Gasteiger partial charge < -0.3 is 13.9 Å². The number of hydrogen-bond acceptors (Lipinski definition) is 2. The Bertz CT molecular complexity index is 4220.